The highest BCUT2D eigenvalue weighted by Gasteiger charge is 2.38. The Bertz CT molecular complexity index is 532. The van der Waals surface area contributed by atoms with Gasteiger partial charge in [0, 0.05) is 25.8 Å². The second kappa shape index (κ2) is 6.58. The second-order valence-corrected chi connectivity index (χ2v) is 5.30. The predicted octanol–water partition coefficient (Wildman–Crippen LogP) is 1.49. The fraction of sp³-hybridized carbons (Fsp3) is 0.467. The molecule has 0 spiro atoms. The molecule has 6 nitrogen and oxygen atoms in total. The average molecular weight is 292 g/mol. The van der Waals surface area contributed by atoms with E-state index in [0.29, 0.717) is 25.3 Å². The van der Waals surface area contributed by atoms with E-state index in [2.05, 4.69) is 5.32 Å². The molecule has 0 aliphatic carbocycles. The maximum Gasteiger partial charge on any atom is 0.327 e. The number of nitrogens with zero attached hydrogens (tertiary/aromatic N) is 1. The summed E-state index contributed by atoms with van der Waals surface area (Å²) in [6.07, 6.45) is 0.340. The molecule has 0 aromatic heterocycles. The Kier molecular flexibility index (Phi) is 4.80. The Labute approximate surface area is 123 Å². The molecule has 114 valence electrons. The van der Waals surface area contributed by atoms with Crippen molar-refractivity contribution in [3.63, 3.8) is 0 Å². The van der Waals surface area contributed by atoms with Crippen molar-refractivity contribution in [1.82, 2.24) is 5.32 Å². The number of ether oxygens (including phenoxy) is 1. The third-order valence-electron chi connectivity index (χ3n) is 3.53. The highest BCUT2D eigenvalue weighted by atomic mass is 16.5. The molecule has 1 aliphatic heterocycles. The molecule has 2 atom stereocenters. The second-order valence-electron chi connectivity index (χ2n) is 5.30. The lowest BCUT2D eigenvalue weighted by Crippen LogP contribution is -2.49. The van der Waals surface area contributed by atoms with Gasteiger partial charge < -0.3 is 15.2 Å². The van der Waals surface area contributed by atoms with E-state index in [1.165, 1.54) is 4.90 Å². The molecule has 1 heterocycles. The van der Waals surface area contributed by atoms with Crippen molar-refractivity contribution in [3.8, 4) is 0 Å². The van der Waals surface area contributed by atoms with Crippen LogP contribution in [0.1, 0.15) is 12.5 Å². The van der Waals surface area contributed by atoms with Gasteiger partial charge >= 0.3 is 12.0 Å². The van der Waals surface area contributed by atoms with Crippen LogP contribution in [-0.2, 0) is 16.0 Å². The number of amides is 2. The number of urea groups is 1. The van der Waals surface area contributed by atoms with E-state index < -0.39 is 12.0 Å². The van der Waals surface area contributed by atoms with Gasteiger partial charge in [0.25, 0.3) is 0 Å². The Morgan fingerprint density at radius 1 is 1.48 bits per heavy atom. The zero-order chi connectivity index (χ0) is 15.4. The SMILES string of the molecule is COCC(C)CNC(=O)N1c2ccccc2C[C@H]1C(=O)O. The first-order valence-electron chi connectivity index (χ1n) is 6.91. The molecular formula is C15H20N2O4. The molecule has 21 heavy (non-hydrogen) atoms. The first-order chi connectivity index (χ1) is 10.0. The van der Waals surface area contributed by atoms with Crippen LogP contribution in [-0.4, -0.2) is 43.4 Å². The minimum absolute atomic E-state index is 0.167. The third kappa shape index (κ3) is 3.33. The number of carbonyl (C=O) groups excluding carboxylic acids is 1. The zero-order valence-electron chi connectivity index (χ0n) is 12.2. The highest BCUT2D eigenvalue weighted by molar-refractivity contribution is 6.01. The van der Waals surface area contributed by atoms with Crippen LogP contribution in [0.25, 0.3) is 0 Å². The van der Waals surface area contributed by atoms with E-state index >= 15 is 0 Å². The van der Waals surface area contributed by atoms with Crippen LogP contribution < -0.4 is 10.2 Å². The third-order valence-corrected chi connectivity index (χ3v) is 3.53. The number of carbonyl (C=O) groups is 2. The maximum absolute atomic E-state index is 12.3. The normalized spacial score (nSPS) is 18.2. The van der Waals surface area contributed by atoms with E-state index in [9.17, 15) is 14.7 Å². The van der Waals surface area contributed by atoms with Crippen molar-refractivity contribution in [2.24, 2.45) is 5.92 Å². The molecule has 1 unspecified atom stereocenters. The molecule has 2 rings (SSSR count). The fourth-order valence-electron chi connectivity index (χ4n) is 2.52. The van der Waals surface area contributed by atoms with E-state index in [1.807, 2.05) is 19.1 Å². The van der Waals surface area contributed by atoms with Gasteiger partial charge in [0.05, 0.1) is 6.61 Å². The van der Waals surface area contributed by atoms with E-state index in [4.69, 9.17) is 4.74 Å². The lowest BCUT2D eigenvalue weighted by molar-refractivity contribution is -0.138. The Hall–Kier alpha value is -2.08. The van der Waals surface area contributed by atoms with Crippen LogP contribution in [0.3, 0.4) is 0 Å². The first-order valence-corrected chi connectivity index (χ1v) is 6.91. The summed E-state index contributed by atoms with van der Waals surface area (Å²) in [5, 5.41) is 12.1. The molecule has 0 fully saturated rings. The molecule has 1 aromatic rings. The van der Waals surface area contributed by atoms with Crippen molar-refractivity contribution in [2.75, 3.05) is 25.2 Å². The van der Waals surface area contributed by atoms with Crippen molar-refractivity contribution in [2.45, 2.75) is 19.4 Å². The Morgan fingerprint density at radius 3 is 2.86 bits per heavy atom. The van der Waals surface area contributed by atoms with E-state index in [0.717, 1.165) is 5.56 Å². The summed E-state index contributed by atoms with van der Waals surface area (Å²) in [6, 6.07) is 6.05. The van der Waals surface area contributed by atoms with Crippen LogP contribution in [0, 0.1) is 5.92 Å². The largest absolute Gasteiger partial charge is 0.480 e. The summed E-state index contributed by atoms with van der Waals surface area (Å²) in [5.74, 6) is -0.827. The standard InChI is InChI=1S/C15H20N2O4/c1-10(9-21-2)8-16-15(20)17-12-6-4-3-5-11(12)7-13(17)14(18)19/h3-6,10,13H,7-9H2,1-2H3,(H,16,20)(H,18,19)/t10?,13-/m0/s1. The number of hydrogen-bond acceptors (Lipinski definition) is 3. The molecule has 1 aromatic carbocycles. The van der Waals surface area contributed by atoms with Crippen LogP contribution in [0.4, 0.5) is 10.5 Å². The van der Waals surface area contributed by atoms with Crippen molar-refractivity contribution >= 4 is 17.7 Å². The average Bonchev–Trinajstić information content (AvgIpc) is 2.85. The summed E-state index contributed by atoms with van der Waals surface area (Å²) < 4.78 is 5.02. The molecule has 0 bridgehead atoms. The number of rotatable bonds is 5. The minimum Gasteiger partial charge on any atom is -0.480 e. The van der Waals surface area contributed by atoms with Crippen molar-refractivity contribution in [3.05, 3.63) is 29.8 Å². The lowest BCUT2D eigenvalue weighted by atomic mass is 10.1. The molecule has 0 saturated carbocycles. The number of carboxylic acid groups (broad SMARTS) is 1. The van der Waals surface area contributed by atoms with Crippen molar-refractivity contribution in [1.29, 1.82) is 0 Å². The molecule has 0 radical (unpaired) electrons. The zero-order valence-corrected chi connectivity index (χ0v) is 12.2. The number of methoxy groups -OCH3 is 1. The molecule has 0 saturated heterocycles. The van der Waals surface area contributed by atoms with Gasteiger partial charge in [-0.05, 0) is 17.5 Å². The molecule has 6 heteroatoms. The minimum atomic E-state index is -0.994. The topological polar surface area (TPSA) is 78.9 Å². The Morgan fingerprint density at radius 2 is 2.19 bits per heavy atom. The van der Waals surface area contributed by atoms with Crippen LogP contribution in [0.15, 0.2) is 24.3 Å². The summed E-state index contributed by atoms with van der Waals surface area (Å²) >= 11 is 0. The van der Waals surface area contributed by atoms with Crippen LogP contribution in [0.5, 0.6) is 0 Å². The van der Waals surface area contributed by atoms with Gasteiger partial charge in [0.2, 0.25) is 0 Å². The van der Waals surface area contributed by atoms with Gasteiger partial charge in [0.1, 0.15) is 6.04 Å². The monoisotopic (exact) mass is 292 g/mol. The summed E-state index contributed by atoms with van der Waals surface area (Å²) in [7, 11) is 1.61. The number of aliphatic carboxylic acids is 1. The number of nitrogens with one attached hydrogen (secondary N) is 1. The number of para-hydroxylation sites is 1. The van der Waals surface area contributed by atoms with E-state index in [1.54, 1.807) is 19.2 Å². The molecule has 1 aliphatic rings. The van der Waals surface area contributed by atoms with Gasteiger partial charge in [0.15, 0.2) is 0 Å². The van der Waals surface area contributed by atoms with Gasteiger partial charge in [-0.3, -0.25) is 4.90 Å². The first kappa shape index (κ1) is 15.3. The molecule has 2 amide bonds. The van der Waals surface area contributed by atoms with Crippen LogP contribution >= 0.6 is 0 Å². The maximum atomic E-state index is 12.3. The summed E-state index contributed by atoms with van der Waals surface area (Å²) in [4.78, 5) is 25.1. The van der Waals surface area contributed by atoms with Gasteiger partial charge in [-0.25, -0.2) is 9.59 Å². The fourth-order valence-corrected chi connectivity index (χ4v) is 2.52. The number of anilines is 1. The summed E-state index contributed by atoms with van der Waals surface area (Å²) in [6.45, 7) is 2.94. The van der Waals surface area contributed by atoms with Gasteiger partial charge in [-0.1, -0.05) is 25.1 Å². The highest BCUT2D eigenvalue weighted by Crippen LogP contribution is 2.32. The number of carboxylic acids is 1. The van der Waals surface area contributed by atoms with Gasteiger partial charge in [-0.2, -0.15) is 0 Å². The number of benzene rings is 1. The molecular weight excluding hydrogens is 272 g/mol. The smallest absolute Gasteiger partial charge is 0.327 e. The Balaban J connectivity index is 2.11. The number of hydrogen-bond donors (Lipinski definition) is 2. The van der Waals surface area contributed by atoms with Crippen molar-refractivity contribution < 1.29 is 19.4 Å². The van der Waals surface area contributed by atoms with Crippen LogP contribution in [0.2, 0.25) is 0 Å². The lowest BCUT2D eigenvalue weighted by Gasteiger charge is -2.24. The predicted molar refractivity (Wildman–Crippen MR) is 78.5 cm³/mol. The number of fused-ring (bicyclic) bond motifs is 1. The quantitative estimate of drug-likeness (QED) is 0.862. The molecule has 2 N–H and O–H groups in total. The van der Waals surface area contributed by atoms with E-state index in [-0.39, 0.29) is 11.9 Å². The van der Waals surface area contributed by atoms with Gasteiger partial charge in [-0.15, -0.1) is 0 Å². The summed E-state index contributed by atoms with van der Waals surface area (Å²) in [5.41, 5.74) is 1.55.